The van der Waals surface area contributed by atoms with Gasteiger partial charge in [-0.15, -0.1) is 0 Å². The SMILES string of the molecule is COC(=O)CCCOc1ccc(Br)cc1C(C)N. The third-order valence-electron chi connectivity index (χ3n) is 2.47. The van der Waals surface area contributed by atoms with Crippen LogP contribution in [0.25, 0.3) is 0 Å². The van der Waals surface area contributed by atoms with Crippen LogP contribution in [0.4, 0.5) is 0 Å². The van der Waals surface area contributed by atoms with Gasteiger partial charge in [0.05, 0.1) is 13.7 Å². The third kappa shape index (κ3) is 4.66. The van der Waals surface area contributed by atoms with Gasteiger partial charge in [0.15, 0.2) is 0 Å². The van der Waals surface area contributed by atoms with Crippen molar-refractivity contribution in [3.05, 3.63) is 28.2 Å². The first-order valence-corrected chi connectivity index (χ1v) is 6.58. The predicted molar refractivity (Wildman–Crippen MR) is 73.5 cm³/mol. The lowest BCUT2D eigenvalue weighted by molar-refractivity contribution is -0.140. The summed E-state index contributed by atoms with van der Waals surface area (Å²) in [6, 6.07) is 5.63. The maximum atomic E-state index is 10.9. The second-order valence-corrected chi connectivity index (χ2v) is 4.91. The number of hydrogen-bond donors (Lipinski definition) is 1. The van der Waals surface area contributed by atoms with E-state index in [2.05, 4.69) is 20.7 Å². The van der Waals surface area contributed by atoms with Gasteiger partial charge in [0.25, 0.3) is 0 Å². The lowest BCUT2D eigenvalue weighted by Gasteiger charge is -2.14. The van der Waals surface area contributed by atoms with Gasteiger partial charge in [-0.3, -0.25) is 4.79 Å². The van der Waals surface area contributed by atoms with Gasteiger partial charge in [-0.05, 0) is 31.5 Å². The molecule has 1 atom stereocenters. The number of esters is 1. The Hall–Kier alpha value is -1.07. The number of hydrogen-bond acceptors (Lipinski definition) is 4. The number of carbonyl (C=O) groups is 1. The summed E-state index contributed by atoms with van der Waals surface area (Å²) in [5, 5.41) is 0. The smallest absolute Gasteiger partial charge is 0.305 e. The first-order chi connectivity index (χ1) is 8.54. The molecule has 4 nitrogen and oxygen atoms in total. The van der Waals surface area contributed by atoms with E-state index in [9.17, 15) is 4.79 Å². The Morgan fingerprint density at radius 3 is 2.83 bits per heavy atom. The molecule has 0 radical (unpaired) electrons. The average Bonchev–Trinajstić information content (AvgIpc) is 2.35. The number of benzene rings is 1. The molecule has 0 heterocycles. The maximum absolute atomic E-state index is 10.9. The largest absolute Gasteiger partial charge is 0.493 e. The molecule has 100 valence electrons. The molecule has 2 N–H and O–H groups in total. The van der Waals surface area contributed by atoms with Crippen molar-refractivity contribution in [1.29, 1.82) is 0 Å². The molecule has 0 saturated heterocycles. The lowest BCUT2D eigenvalue weighted by atomic mass is 10.1. The number of methoxy groups -OCH3 is 1. The van der Waals surface area contributed by atoms with Crippen molar-refractivity contribution in [3.8, 4) is 5.75 Å². The Balaban J connectivity index is 2.54. The van der Waals surface area contributed by atoms with E-state index in [1.807, 2.05) is 25.1 Å². The van der Waals surface area contributed by atoms with Crippen LogP contribution in [0.5, 0.6) is 5.75 Å². The van der Waals surface area contributed by atoms with Crippen LogP contribution < -0.4 is 10.5 Å². The van der Waals surface area contributed by atoms with E-state index in [0.29, 0.717) is 19.4 Å². The summed E-state index contributed by atoms with van der Waals surface area (Å²) in [4.78, 5) is 10.9. The predicted octanol–water partition coefficient (Wildman–Crippen LogP) is 2.80. The molecule has 0 amide bonds. The van der Waals surface area contributed by atoms with Crippen molar-refractivity contribution in [1.82, 2.24) is 0 Å². The van der Waals surface area contributed by atoms with E-state index in [1.54, 1.807) is 0 Å². The normalized spacial score (nSPS) is 12.0. The number of rotatable bonds is 6. The highest BCUT2D eigenvalue weighted by molar-refractivity contribution is 9.10. The van der Waals surface area contributed by atoms with E-state index < -0.39 is 0 Å². The summed E-state index contributed by atoms with van der Waals surface area (Å²) in [6.45, 7) is 2.37. The van der Waals surface area contributed by atoms with Gasteiger partial charge in [-0.25, -0.2) is 0 Å². The first-order valence-electron chi connectivity index (χ1n) is 5.79. The minimum Gasteiger partial charge on any atom is -0.493 e. The van der Waals surface area contributed by atoms with Crippen molar-refractivity contribution in [2.75, 3.05) is 13.7 Å². The minimum absolute atomic E-state index is 0.0990. The molecule has 1 rings (SSSR count). The van der Waals surface area contributed by atoms with Crippen molar-refractivity contribution in [2.24, 2.45) is 5.73 Å². The molecule has 0 spiro atoms. The van der Waals surface area contributed by atoms with Crippen molar-refractivity contribution in [3.63, 3.8) is 0 Å². The highest BCUT2D eigenvalue weighted by Crippen LogP contribution is 2.27. The van der Waals surface area contributed by atoms with Gasteiger partial charge in [0.1, 0.15) is 5.75 Å². The molecule has 0 aromatic heterocycles. The minimum atomic E-state index is -0.221. The lowest BCUT2D eigenvalue weighted by Crippen LogP contribution is -2.09. The molecule has 5 heteroatoms. The molecule has 18 heavy (non-hydrogen) atoms. The van der Waals surface area contributed by atoms with Crippen LogP contribution >= 0.6 is 15.9 Å². The number of nitrogens with two attached hydrogens (primary N) is 1. The summed E-state index contributed by atoms with van der Waals surface area (Å²) < 4.78 is 11.2. The Morgan fingerprint density at radius 2 is 2.22 bits per heavy atom. The van der Waals surface area contributed by atoms with Crippen LogP contribution in [0.1, 0.15) is 31.4 Å². The first kappa shape index (κ1) is 15.0. The topological polar surface area (TPSA) is 61.5 Å². The second-order valence-electron chi connectivity index (χ2n) is 4.00. The molecule has 1 unspecified atom stereocenters. The molecule has 0 saturated carbocycles. The Morgan fingerprint density at radius 1 is 1.50 bits per heavy atom. The van der Waals surface area contributed by atoms with Gasteiger partial charge in [-0.1, -0.05) is 15.9 Å². The molecule has 0 aliphatic rings. The second kappa shape index (κ2) is 7.38. The van der Waals surface area contributed by atoms with Gasteiger partial charge in [-0.2, -0.15) is 0 Å². The van der Waals surface area contributed by atoms with Gasteiger partial charge >= 0.3 is 5.97 Å². The van der Waals surface area contributed by atoms with E-state index in [-0.39, 0.29) is 12.0 Å². The molecule has 1 aromatic rings. The van der Waals surface area contributed by atoms with E-state index in [4.69, 9.17) is 10.5 Å². The van der Waals surface area contributed by atoms with Crippen LogP contribution in [0.15, 0.2) is 22.7 Å². The number of carbonyl (C=O) groups excluding carboxylic acids is 1. The quantitative estimate of drug-likeness (QED) is 0.647. The molecule has 1 aromatic carbocycles. The molecule has 0 bridgehead atoms. The maximum Gasteiger partial charge on any atom is 0.305 e. The molecule has 0 aliphatic carbocycles. The van der Waals surface area contributed by atoms with Crippen LogP contribution in [-0.4, -0.2) is 19.7 Å². The standard InChI is InChI=1S/C13H18BrNO3/c1-9(15)11-8-10(14)5-6-12(11)18-7-3-4-13(16)17-2/h5-6,8-9H,3-4,7,15H2,1-2H3. The van der Waals surface area contributed by atoms with E-state index >= 15 is 0 Å². The molecular formula is C13H18BrNO3. The zero-order chi connectivity index (χ0) is 13.5. The average molecular weight is 316 g/mol. The number of halogens is 1. The van der Waals surface area contributed by atoms with Crippen molar-refractivity contribution < 1.29 is 14.3 Å². The fourth-order valence-corrected chi connectivity index (χ4v) is 1.89. The van der Waals surface area contributed by atoms with Crippen LogP contribution in [-0.2, 0) is 9.53 Å². The zero-order valence-corrected chi connectivity index (χ0v) is 12.2. The fourth-order valence-electron chi connectivity index (χ4n) is 1.51. The fraction of sp³-hybridized carbons (Fsp3) is 0.462. The molecular weight excluding hydrogens is 298 g/mol. The summed E-state index contributed by atoms with van der Waals surface area (Å²) in [5.74, 6) is 0.542. The van der Waals surface area contributed by atoms with Crippen LogP contribution in [0.3, 0.4) is 0 Å². The van der Waals surface area contributed by atoms with E-state index in [1.165, 1.54) is 7.11 Å². The summed E-state index contributed by atoms with van der Waals surface area (Å²) in [7, 11) is 1.38. The number of ether oxygens (including phenoxy) is 2. The third-order valence-corrected chi connectivity index (χ3v) is 2.97. The Labute approximate surface area is 116 Å². The van der Waals surface area contributed by atoms with Gasteiger partial charge in [0.2, 0.25) is 0 Å². The van der Waals surface area contributed by atoms with Crippen LogP contribution in [0, 0.1) is 0 Å². The summed E-state index contributed by atoms with van der Waals surface area (Å²) in [5.41, 5.74) is 6.83. The zero-order valence-electron chi connectivity index (χ0n) is 10.6. The highest BCUT2D eigenvalue weighted by Gasteiger charge is 2.09. The Bertz CT molecular complexity index is 407. The highest BCUT2D eigenvalue weighted by atomic mass is 79.9. The molecule has 0 aliphatic heterocycles. The molecule has 0 fully saturated rings. The van der Waals surface area contributed by atoms with Gasteiger partial charge < -0.3 is 15.2 Å². The monoisotopic (exact) mass is 315 g/mol. The summed E-state index contributed by atoms with van der Waals surface area (Å²) in [6.07, 6.45) is 0.988. The summed E-state index contributed by atoms with van der Waals surface area (Å²) >= 11 is 3.40. The van der Waals surface area contributed by atoms with Crippen LogP contribution in [0.2, 0.25) is 0 Å². The van der Waals surface area contributed by atoms with Crippen molar-refractivity contribution in [2.45, 2.75) is 25.8 Å². The van der Waals surface area contributed by atoms with Gasteiger partial charge in [0, 0.05) is 22.5 Å². The van der Waals surface area contributed by atoms with Crippen molar-refractivity contribution >= 4 is 21.9 Å². The van der Waals surface area contributed by atoms with E-state index in [0.717, 1.165) is 15.8 Å². The Kier molecular flexibility index (Phi) is 6.15.